The van der Waals surface area contributed by atoms with Crippen molar-refractivity contribution < 1.29 is 34.1 Å². The summed E-state index contributed by atoms with van der Waals surface area (Å²) in [5.74, 6) is -5.79. The number of hydrogen-bond acceptors (Lipinski definition) is 10. The first-order valence-electron chi connectivity index (χ1n) is 12.2. The molecule has 37 heavy (non-hydrogen) atoms. The fraction of sp³-hybridized carbons (Fsp3) is 0.462. The molecule has 3 aliphatic carbocycles. The van der Waals surface area contributed by atoms with Crippen molar-refractivity contribution in [1.82, 2.24) is 9.88 Å². The van der Waals surface area contributed by atoms with E-state index in [1.165, 1.54) is 6.39 Å². The van der Waals surface area contributed by atoms with Gasteiger partial charge in [-0.25, -0.2) is 4.98 Å². The van der Waals surface area contributed by atoms with E-state index in [4.69, 9.17) is 10.2 Å². The van der Waals surface area contributed by atoms with Gasteiger partial charge < -0.3 is 30.4 Å². The molecule has 1 aromatic heterocycles. The molecule has 0 saturated carbocycles. The number of amides is 1. The quantitative estimate of drug-likeness (QED) is 0.432. The third-order valence-electron chi connectivity index (χ3n) is 8.93. The Labute approximate surface area is 211 Å². The molecule has 2 aromatic rings. The van der Waals surface area contributed by atoms with Gasteiger partial charge in [-0.2, -0.15) is 0 Å². The van der Waals surface area contributed by atoms with Gasteiger partial charge in [0.2, 0.25) is 5.78 Å². The fourth-order valence-corrected chi connectivity index (χ4v) is 7.30. The van der Waals surface area contributed by atoms with E-state index >= 15 is 0 Å². The lowest BCUT2D eigenvalue weighted by atomic mass is 9.54. The molecule has 4 atom stereocenters. The normalized spacial score (nSPS) is 31.7. The van der Waals surface area contributed by atoms with Crippen LogP contribution >= 0.6 is 0 Å². The second kappa shape index (κ2) is 7.42. The van der Waals surface area contributed by atoms with Gasteiger partial charge in [0.15, 0.2) is 23.4 Å². The first-order chi connectivity index (χ1) is 17.5. The number of aliphatic hydroxyl groups is 3. The van der Waals surface area contributed by atoms with Crippen LogP contribution in [-0.4, -0.2) is 81.5 Å². The zero-order chi connectivity index (χ0) is 26.6. The standard InChI is InChI=1S/C26H28N4O7/c1-29(2)14-9-13-20(37-10-28-13)17-12(14)7-11-8-15-25(5-4-6-30(25)3)21(32)18(24(27)35)23(34)26(15,36)22(33)16(11)19(17)31/h9-11,15,32-33,36H,4-8H2,1-3H3,(H2,27,35)/t11?,15?,25?,26-/m0/s1. The number of rotatable bonds is 2. The Bertz CT molecular complexity index is 1490. The van der Waals surface area contributed by atoms with Crippen LogP contribution in [-0.2, 0) is 16.0 Å². The first kappa shape index (κ1) is 23.7. The molecule has 1 saturated heterocycles. The number of aliphatic hydroxyl groups excluding tert-OH is 2. The van der Waals surface area contributed by atoms with Gasteiger partial charge >= 0.3 is 0 Å². The number of allylic oxidation sites excluding steroid dienone is 1. The number of anilines is 1. The van der Waals surface area contributed by atoms with Gasteiger partial charge in [-0.15, -0.1) is 0 Å². The number of aromatic nitrogens is 1. The number of likely N-dealkylation sites (tertiary alicyclic amines) is 1. The lowest BCUT2D eigenvalue weighted by Crippen LogP contribution is -2.68. The second-order valence-corrected chi connectivity index (χ2v) is 10.8. The minimum atomic E-state index is -2.60. The average Bonchev–Trinajstić information content (AvgIpc) is 3.46. The van der Waals surface area contributed by atoms with E-state index in [0.29, 0.717) is 31.3 Å². The van der Waals surface area contributed by atoms with E-state index in [2.05, 4.69) is 4.98 Å². The Morgan fingerprint density at radius 2 is 2.00 bits per heavy atom. The van der Waals surface area contributed by atoms with E-state index in [-0.39, 0.29) is 23.1 Å². The summed E-state index contributed by atoms with van der Waals surface area (Å²) in [6.07, 6.45) is 2.66. The van der Waals surface area contributed by atoms with E-state index in [0.717, 1.165) is 11.3 Å². The highest BCUT2D eigenvalue weighted by Gasteiger charge is 2.69. The third-order valence-corrected chi connectivity index (χ3v) is 8.93. The molecule has 6 rings (SSSR count). The predicted molar refractivity (Wildman–Crippen MR) is 131 cm³/mol. The molecule has 11 nitrogen and oxygen atoms in total. The molecule has 3 unspecified atom stereocenters. The Balaban J connectivity index is 1.63. The van der Waals surface area contributed by atoms with Crippen LogP contribution < -0.4 is 10.6 Å². The number of nitrogens with two attached hydrogens (primary N) is 1. The summed E-state index contributed by atoms with van der Waals surface area (Å²) >= 11 is 0. The van der Waals surface area contributed by atoms with Gasteiger partial charge in [0.05, 0.1) is 11.1 Å². The maximum atomic E-state index is 14.0. The summed E-state index contributed by atoms with van der Waals surface area (Å²) in [4.78, 5) is 47.8. The van der Waals surface area contributed by atoms with Crippen LogP contribution in [0.1, 0.15) is 35.2 Å². The number of carbonyl (C=O) groups is 3. The maximum Gasteiger partial charge on any atom is 0.255 e. The van der Waals surface area contributed by atoms with Gasteiger partial charge in [0.25, 0.3) is 5.91 Å². The zero-order valence-corrected chi connectivity index (χ0v) is 20.7. The van der Waals surface area contributed by atoms with Crippen molar-refractivity contribution in [2.75, 3.05) is 32.6 Å². The number of hydrogen-bond donors (Lipinski definition) is 4. The van der Waals surface area contributed by atoms with E-state index < -0.39 is 57.5 Å². The predicted octanol–water partition coefficient (Wildman–Crippen LogP) is 1.16. The molecule has 2 heterocycles. The minimum Gasteiger partial charge on any atom is -0.509 e. The van der Waals surface area contributed by atoms with Crippen LogP contribution in [0.3, 0.4) is 0 Å². The summed E-state index contributed by atoms with van der Waals surface area (Å²) < 4.78 is 5.55. The van der Waals surface area contributed by atoms with Crippen LogP contribution in [0.5, 0.6) is 0 Å². The summed E-state index contributed by atoms with van der Waals surface area (Å²) in [6, 6.07) is 1.84. The topological polar surface area (TPSA) is 170 Å². The minimum absolute atomic E-state index is 0.0887. The first-order valence-corrected chi connectivity index (χ1v) is 12.2. The van der Waals surface area contributed by atoms with Crippen molar-refractivity contribution in [3.05, 3.63) is 46.3 Å². The summed E-state index contributed by atoms with van der Waals surface area (Å²) in [5, 5.41) is 34.9. The van der Waals surface area contributed by atoms with Gasteiger partial charge in [-0.3, -0.25) is 19.3 Å². The lowest BCUT2D eigenvalue weighted by Gasteiger charge is -2.55. The molecular weight excluding hydrogens is 480 g/mol. The largest absolute Gasteiger partial charge is 0.509 e. The number of ketones is 2. The number of oxazole rings is 1. The van der Waals surface area contributed by atoms with E-state index in [9.17, 15) is 29.7 Å². The highest BCUT2D eigenvalue weighted by Crippen LogP contribution is 2.58. The average molecular weight is 509 g/mol. The molecule has 0 bridgehead atoms. The van der Waals surface area contributed by atoms with Crippen molar-refractivity contribution in [3.63, 3.8) is 0 Å². The molecule has 4 aliphatic rings. The van der Waals surface area contributed by atoms with Crippen molar-refractivity contribution in [2.24, 2.45) is 17.6 Å². The van der Waals surface area contributed by atoms with Crippen molar-refractivity contribution >= 4 is 34.3 Å². The number of carbonyl (C=O) groups excluding carboxylic acids is 3. The van der Waals surface area contributed by atoms with E-state index in [1.54, 1.807) is 11.9 Å². The van der Waals surface area contributed by atoms with Crippen LogP contribution in [0.25, 0.3) is 11.1 Å². The van der Waals surface area contributed by atoms with Crippen molar-refractivity contribution in [1.29, 1.82) is 0 Å². The smallest absolute Gasteiger partial charge is 0.255 e. The number of benzene rings is 1. The maximum absolute atomic E-state index is 14.0. The fourth-order valence-electron chi connectivity index (χ4n) is 7.30. The Kier molecular flexibility index (Phi) is 4.75. The van der Waals surface area contributed by atoms with Gasteiger partial charge in [0, 0.05) is 31.3 Å². The Morgan fingerprint density at radius 1 is 1.27 bits per heavy atom. The number of Topliss-reactive ketones (excluding diaryl/α,β-unsaturated/α-hetero) is 2. The van der Waals surface area contributed by atoms with Crippen molar-refractivity contribution in [2.45, 2.75) is 36.8 Å². The summed E-state index contributed by atoms with van der Waals surface area (Å²) in [6.45, 7) is 0.537. The van der Waals surface area contributed by atoms with Gasteiger partial charge in [0.1, 0.15) is 22.6 Å². The lowest BCUT2D eigenvalue weighted by molar-refractivity contribution is -0.155. The van der Waals surface area contributed by atoms with E-state index in [1.807, 2.05) is 25.1 Å². The SMILES string of the molecule is CN(C)c1cc2ncoc2c2c1CC1CC3C4(CCCN4C)C(O)=C(C(N)=O)C(=O)[C@@]3(O)C(O)=C1C2=O. The van der Waals surface area contributed by atoms with Crippen LogP contribution in [0.2, 0.25) is 0 Å². The molecular formula is C26H28N4O7. The highest BCUT2D eigenvalue weighted by molar-refractivity contribution is 6.25. The Morgan fingerprint density at radius 3 is 2.62 bits per heavy atom. The molecule has 1 fully saturated rings. The molecule has 1 aromatic carbocycles. The van der Waals surface area contributed by atoms with Crippen LogP contribution in [0.15, 0.2) is 39.5 Å². The number of nitrogens with zero attached hydrogens (tertiary/aromatic N) is 3. The van der Waals surface area contributed by atoms with Crippen LogP contribution in [0, 0.1) is 11.8 Å². The molecule has 5 N–H and O–H groups in total. The molecule has 1 amide bonds. The molecule has 1 aliphatic heterocycles. The summed E-state index contributed by atoms with van der Waals surface area (Å²) in [5.41, 5.74) is 3.21. The van der Waals surface area contributed by atoms with Crippen molar-refractivity contribution in [3.8, 4) is 0 Å². The number of fused-ring (bicyclic) bond motifs is 6. The molecule has 1 spiro atoms. The van der Waals surface area contributed by atoms with Gasteiger partial charge in [-0.1, -0.05) is 0 Å². The third kappa shape index (κ3) is 2.67. The highest BCUT2D eigenvalue weighted by atomic mass is 16.4. The number of likely N-dealkylation sites (N-methyl/N-ethyl adjacent to an activating group) is 1. The van der Waals surface area contributed by atoms with Gasteiger partial charge in [-0.05, 0) is 56.8 Å². The zero-order valence-electron chi connectivity index (χ0n) is 20.7. The summed E-state index contributed by atoms with van der Waals surface area (Å²) in [7, 11) is 5.44. The Hall–Kier alpha value is -3.70. The second-order valence-electron chi connectivity index (χ2n) is 10.8. The number of primary amides is 1. The molecule has 194 valence electrons. The van der Waals surface area contributed by atoms with Crippen LogP contribution in [0.4, 0.5) is 5.69 Å². The monoisotopic (exact) mass is 508 g/mol. The molecule has 11 heteroatoms. The molecule has 0 radical (unpaired) electrons.